The van der Waals surface area contributed by atoms with Crippen LogP contribution in [0.3, 0.4) is 0 Å². The number of nitrogens with two attached hydrogens (primary N) is 2. The van der Waals surface area contributed by atoms with Gasteiger partial charge in [-0.1, -0.05) is 38.3 Å². The molecule has 0 aliphatic heterocycles. The fraction of sp³-hybridized carbons (Fsp3) is 0.231. The summed E-state index contributed by atoms with van der Waals surface area (Å²) in [7, 11) is 0. The molecule has 0 radical (unpaired) electrons. The first-order chi connectivity index (χ1) is 15.8. The molecule has 0 atom stereocenters. The third kappa shape index (κ3) is 3.86. The van der Waals surface area contributed by atoms with Gasteiger partial charge in [-0.05, 0) is 42.3 Å². The number of aromatic hydroxyl groups is 2. The second kappa shape index (κ2) is 8.86. The Hall–Kier alpha value is -4.00. The first-order valence-corrected chi connectivity index (χ1v) is 10.9. The Morgan fingerprint density at radius 3 is 2.00 bits per heavy atom. The number of fused-ring (bicyclic) bond motifs is 2. The fourth-order valence-electron chi connectivity index (χ4n) is 4.15. The number of carbonyl (C=O) groups excluding carboxylic acids is 2. The number of nitrogen functional groups attached to an aromatic ring is 2. The van der Waals surface area contributed by atoms with E-state index in [0.29, 0.717) is 17.9 Å². The minimum atomic E-state index is -0.661. The number of ketones is 2. The van der Waals surface area contributed by atoms with Gasteiger partial charge in [0.2, 0.25) is 11.6 Å². The molecule has 0 aromatic heterocycles. The lowest BCUT2D eigenvalue weighted by molar-refractivity contribution is 0.0975. The van der Waals surface area contributed by atoms with Crippen LogP contribution >= 0.6 is 0 Å². The molecular weight excluding hydrogens is 420 g/mol. The molecule has 0 spiro atoms. The van der Waals surface area contributed by atoms with E-state index in [-0.39, 0.29) is 39.2 Å². The first kappa shape index (κ1) is 22.2. The molecule has 3 aromatic rings. The van der Waals surface area contributed by atoms with Gasteiger partial charge in [-0.3, -0.25) is 9.59 Å². The van der Waals surface area contributed by atoms with Crippen LogP contribution in [0.25, 0.3) is 11.1 Å². The van der Waals surface area contributed by atoms with Gasteiger partial charge in [-0.15, -0.1) is 0 Å². The zero-order valence-electron chi connectivity index (χ0n) is 18.4. The summed E-state index contributed by atoms with van der Waals surface area (Å²) >= 11 is 0. The molecule has 170 valence electrons. The summed E-state index contributed by atoms with van der Waals surface area (Å²) in [6.45, 7) is 2.77. The number of carbonyl (C=O) groups is 2. The van der Waals surface area contributed by atoms with Crippen LogP contribution in [0.1, 0.15) is 64.4 Å². The van der Waals surface area contributed by atoms with Gasteiger partial charge >= 0.3 is 0 Å². The molecular formula is C26H26N2O5. The van der Waals surface area contributed by atoms with Crippen LogP contribution in [0.5, 0.6) is 17.2 Å². The zero-order chi connectivity index (χ0) is 23.7. The van der Waals surface area contributed by atoms with Gasteiger partial charge in [0, 0.05) is 16.9 Å². The van der Waals surface area contributed by atoms with Crippen LogP contribution in [0.4, 0.5) is 11.4 Å². The highest BCUT2D eigenvalue weighted by atomic mass is 16.5. The maximum Gasteiger partial charge on any atom is 0.200 e. The summed E-state index contributed by atoms with van der Waals surface area (Å²) < 4.78 is 5.75. The summed E-state index contributed by atoms with van der Waals surface area (Å²) in [5.74, 6) is -1.45. The number of rotatable bonds is 7. The van der Waals surface area contributed by atoms with E-state index in [0.717, 1.165) is 19.3 Å². The van der Waals surface area contributed by atoms with Crippen LogP contribution in [0.2, 0.25) is 0 Å². The Bertz CT molecular complexity index is 1250. The van der Waals surface area contributed by atoms with E-state index < -0.39 is 23.1 Å². The van der Waals surface area contributed by atoms with Crippen molar-refractivity contribution in [1.29, 1.82) is 0 Å². The van der Waals surface area contributed by atoms with Gasteiger partial charge < -0.3 is 26.4 Å². The standard InChI is InChI=1S/C26H26N2O5/c1-2-3-4-5-12-33-15-8-6-14(7-9-15)16-13-19(29)22-23(24(16)30)26(32)21-18(28)11-10-17(27)20(21)25(22)31/h6-11,13,29-30H,2-5,12,27-28H2,1H3. The van der Waals surface area contributed by atoms with Crippen molar-refractivity contribution < 1.29 is 24.5 Å². The molecule has 0 amide bonds. The number of hydrogen-bond acceptors (Lipinski definition) is 7. The van der Waals surface area contributed by atoms with Gasteiger partial charge in [-0.25, -0.2) is 0 Å². The van der Waals surface area contributed by atoms with Crippen molar-refractivity contribution in [1.82, 2.24) is 0 Å². The Morgan fingerprint density at radius 1 is 0.788 bits per heavy atom. The van der Waals surface area contributed by atoms with E-state index in [9.17, 15) is 19.8 Å². The van der Waals surface area contributed by atoms with Crippen LogP contribution < -0.4 is 16.2 Å². The Kier molecular flexibility index (Phi) is 5.96. The highest BCUT2D eigenvalue weighted by Gasteiger charge is 2.38. The average Bonchev–Trinajstić information content (AvgIpc) is 2.80. The molecule has 0 saturated carbocycles. The smallest absolute Gasteiger partial charge is 0.200 e. The topological polar surface area (TPSA) is 136 Å². The number of anilines is 2. The van der Waals surface area contributed by atoms with Crippen molar-refractivity contribution in [3.8, 4) is 28.4 Å². The minimum Gasteiger partial charge on any atom is -0.507 e. The Labute approximate surface area is 191 Å². The monoisotopic (exact) mass is 446 g/mol. The molecule has 0 unspecified atom stereocenters. The number of hydrogen-bond donors (Lipinski definition) is 4. The van der Waals surface area contributed by atoms with Crippen molar-refractivity contribution in [2.24, 2.45) is 0 Å². The SMILES string of the molecule is CCCCCCOc1ccc(-c2cc(O)c3c(c2O)C(=O)c2c(N)ccc(N)c2C3=O)cc1. The largest absolute Gasteiger partial charge is 0.507 e. The summed E-state index contributed by atoms with van der Waals surface area (Å²) in [6.07, 6.45) is 4.42. The predicted octanol–water partition coefficient (Wildman–Crippen LogP) is 4.66. The van der Waals surface area contributed by atoms with Gasteiger partial charge in [0.05, 0.1) is 28.9 Å². The second-order valence-corrected chi connectivity index (χ2v) is 8.13. The van der Waals surface area contributed by atoms with Gasteiger partial charge in [0.25, 0.3) is 0 Å². The lowest BCUT2D eigenvalue weighted by Crippen LogP contribution is -2.24. The molecule has 33 heavy (non-hydrogen) atoms. The molecule has 1 aliphatic carbocycles. The lowest BCUT2D eigenvalue weighted by atomic mass is 9.80. The van der Waals surface area contributed by atoms with Crippen molar-refractivity contribution >= 4 is 22.9 Å². The summed E-state index contributed by atoms with van der Waals surface area (Å²) in [6, 6.07) is 11.1. The van der Waals surface area contributed by atoms with Gasteiger partial charge in [0.1, 0.15) is 17.2 Å². The second-order valence-electron chi connectivity index (χ2n) is 8.13. The number of unbranched alkanes of at least 4 members (excludes halogenated alkanes) is 3. The molecule has 0 heterocycles. The van der Waals surface area contributed by atoms with E-state index in [2.05, 4.69) is 6.92 Å². The van der Waals surface area contributed by atoms with Crippen LogP contribution in [-0.4, -0.2) is 28.4 Å². The highest BCUT2D eigenvalue weighted by Crippen LogP contribution is 2.45. The van der Waals surface area contributed by atoms with Crippen molar-refractivity contribution in [3.63, 3.8) is 0 Å². The molecule has 3 aromatic carbocycles. The normalized spacial score (nSPS) is 12.4. The molecule has 0 fully saturated rings. The maximum absolute atomic E-state index is 13.3. The number of phenolic OH excluding ortho intramolecular Hbond substituents is 2. The van der Waals surface area contributed by atoms with E-state index in [4.69, 9.17) is 16.2 Å². The summed E-state index contributed by atoms with van der Waals surface area (Å²) in [5, 5.41) is 21.6. The van der Waals surface area contributed by atoms with E-state index in [1.807, 2.05) is 0 Å². The first-order valence-electron chi connectivity index (χ1n) is 10.9. The molecule has 0 saturated heterocycles. The van der Waals surface area contributed by atoms with Crippen molar-refractivity contribution in [2.75, 3.05) is 18.1 Å². The van der Waals surface area contributed by atoms with E-state index in [1.165, 1.54) is 24.6 Å². The quantitative estimate of drug-likeness (QED) is 0.184. The number of ether oxygens (including phenoxy) is 1. The highest BCUT2D eigenvalue weighted by molar-refractivity contribution is 6.33. The molecule has 1 aliphatic rings. The third-order valence-electron chi connectivity index (χ3n) is 5.89. The maximum atomic E-state index is 13.3. The number of phenols is 2. The van der Waals surface area contributed by atoms with Crippen LogP contribution in [-0.2, 0) is 0 Å². The van der Waals surface area contributed by atoms with Crippen molar-refractivity contribution in [2.45, 2.75) is 32.6 Å². The summed E-state index contributed by atoms with van der Waals surface area (Å²) in [4.78, 5) is 26.3. The molecule has 6 N–H and O–H groups in total. The van der Waals surface area contributed by atoms with Gasteiger partial charge in [-0.2, -0.15) is 0 Å². The van der Waals surface area contributed by atoms with E-state index >= 15 is 0 Å². The third-order valence-corrected chi connectivity index (χ3v) is 5.89. The molecule has 7 heteroatoms. The predicted molar refractivity (Wildman–Crippen MR) is 127 cm³/mol. The average molecular weight is 447 g/mol. The fourth-order valence-corrected chi connectivity index (χ4v) is 4.15. The zero-order valence-corrected chi connectivity index (χ0v) is 18.4. The van der Waals surface area contributed by atoms with Crippen LogP contribution in [0, 0.1) is 0 Å². The molecule has 4 rings (SSSR count). The Morgan fingerprint density at radius 2 is 1.39 bits per heavy atom. The van der Waals surface area contributed by atoms with E-state index in [1.54, 1.807) is 24.3 Å². The van der Waals surface area contributed by atoms with Gasteiger partial charge in [0.15, 0.2) is 0 Å². The van der Waals surface area contributed by atoms with Crippen molar-refractivity contribution in [3.05, 3.63) is 64.7 Å². The summed E-state index contributed by atoms with van der Waals surface area (Å²) in [5.41, 5.74) is 12.1. The molecule has 7 nitrogen and oxygen atoms in total. The number of benzene rings is 3. The lowest BCUT2D eigenvalue weighted by Gasteiger charge is -2.23. The van der Waals surface area contributed by atoms with Crippen LogP contribution in [0.15, 0.2) is 42.5 Å². The minimum absolute atomic E-state index is 0.0598. The molecule has 0 bridgehead atoms. The Balaban J connectivity index is 1.70.